The molecule has 4 rings (SSSR count). The topological polar surface area (TPSA) is 123 Å². The maximum atomic E-state index is 9.84. The molecule has 0 aliphatic carbocycles. The van der Waals surface area contributed by atoms with Crippen LogP contribution in [0.4, 0.5) is 5.82 Å². The van der Waals surface area contributed by atoms with Crippen LogP contribution < -0.4 is 15.2 Å². The second kappa shape index (κ2) is 9.00. The largest absolute Gasteiger partial charge is 0.486 e. The first kappa shape index (κ1) is 20.0. The molecule has 8 nitrogen and oxygen atoms in total. The third kappa shape index (κ3) is 4.16. The molecule has 2 aromatic rings. The molecule has 0 radical (unpaired) electrons. The van der Waals surface area contributed by atoms with E-state index in [-0.39, 0.29) is 34.8 Å². The molecule has 0 amide bonds. The average molecular weight is 406 g/mol. The average Bonchev–Trinajstić information content (AvgIpc) is 2.75. The molecule has 2 aliphatic heterocycles. The standard InChI is InChI=1S/C22H22N4O4/c23-8-18-20(15-3-5-16(6-4-15)30-17-12-28-13-17)19(9-24)22(26-21(18)25)29-11-14-2-1-7-27-10-14/h3-6,14,17H,1-2,7,10-13H2,(H2,25,26). The summed E-state index contributed by atoms with van der Waals surface area (Å²) >= 11 is 0. The Labute approximate surface area is 174 Å². The summed E-state index contributed by atoms with van der Waals surface area (Å²) in [6, 6.07) is 11.4. The fraction of sp³-hybridized carbons (Fsp3) is 0.409. The highest BCUT2D eigenvalue weighted by Gasteiger charge is 2.24. The molecule has 1 unspecified atom stereocenters. The predicted molar refractivity (Wildman–Crippen MR) is 108 cm³/mol. The van der Waals surface area contributed by atoms with Gasteiger partial charge < -0.3 is 24.7 Å². The van der Waals surface area contributed by atoms with Crippen molar-refractivity contribution in [3.8, 4) is 34.9 Å². The van der Waals surface area contributed by atoms with Gasteiger partial charge in [0.2, 0.25) is 5.88 Å². The van der Waals surface area contributed by atoms with Gasteiger partial charge >= 0.3 is 0 Å². The van der Waals surface area contributed by atoms with E-state index >= 15 is 0 Å². The number of benzene rings is 1. The van der Waals surface area contributed by atoms with Crippen LogP contribution >= 0.6 is 0 Å². The zero-order valence-electron chi connectivity index (χ0n) is 16.5. The molecule has 0 saturated carbocycles. The number of ether oxygens (including phenoxy) is 4. The van der Waals surface area contributed by atoms with E-state index in [0.29, 0.717) is 43.3 Å². The Balaban J connectivity index is 1.64. The Morgan fingerprint density at radius 2 is 1.83 bits per heavy atom. The second-order valence-electron chi connectivity index (χ2n) is 7.35. The molecule has 1 aromatic carbocycles. The highest BCUT2D eigenvalue weighted by molar-refractivity contribution is 5.82. The van der Waals surface area contributed by atoms with Gasteiger partial charge in [0.15, 0.2) is 0 Å². The van der Waals surface area contributed by atoms with Crippen LogP contribution in [0.15, 0.2) is 24.3 Å². The minimum absolute atomic E-state index is 0.0355. The van der Waals surface area contributed by atoms with Crippen molar-refractivity contribution in [2.45, 2.75) is 18.9 Å². The van der Waals surface area contributed by atoms with E-state index in [9.17, 15) is 10.5 Å². The lowest BCUT2D eigenvalue weighted by Gasteiger charge is -2.26. The number of nitrogen functional groups attached to an aromatic ring is 1. The first-order valence-electron chi connectivity index (χ1n) is 9.88. The summed E-state index contributed by atoms with van der Waals surface area (Å²) in [4.78, 5) is 4.19. The molecule has 2 fully saturated rings. The van der Waals surface area contributed by atoms with E-state index in [1.54, 1.807) is 24.3 Å². The Hall–Kier alpha value is -3.33. The van der Waals surface area contributed by atoms with Crippen molar-refractivity contribution in [1.82, 2.24) is 4.98 Å². The van der Waals surface area contributed by atoms with E-state index in [1.807, 2.05) is 0 Å². The van der Waals surface area contributed by atoms with Crippen LogP contribution in [0.1, 0.15) is 24.0 Å². The van der Waals surface area contributed by atoms with Crippen LogP contribution in [0, 0.1) is 28.6 Å². The van der Waals surface area contributed by atoms with Crippen molar-refractivity contribution in [2.75, 3.05) is 38.8 Å². The SMILES string of the molecule is N#Cc1c(N)nc(OCC2CCCOC2)c(C#N)c1-c1ccc(OC2COC2)cc1. The van der Waals surface area contributed by atoms with Gasteiger partial charge in [0.05, 0.1) is 26.4 Å². The number of hydrogen-bond acceptors (Lipinski definition) is 8. The van der Waals surface area contributed by atoms with Crippen molar-refractivity contribution in [3.05, 3.63) is 35.4 Å². The van der Waals surface area contributed by atoms with E-state index < -0.39 is 0 Å². The maximum absolute atomic E-state index is 9.84. The van der Waals surface area contributed by atoms with E-state index in [4.69, 9.17) is 24.7 Å². The first-order chi connectivity index (χ1) is 14.7. The molecule has 2 aliphatic rings. The van der Waals surface area contributed by atoms with Crippen LogP contribution in [-0.2, 0) is 9.47 Å². The van der Waals surface area contributed by atoms with Gasteiger partial charge in [-0.2, -0.15) is 15.5 Å². The number of anilines is 1. The fourth-order valence-electron chi connectivity index (χ4n) is 3.50. The van der Waals surface area contributed by atoms with Crippen molar-refractivity contribution in [1.29, 1.82) is 10.5 Å². The highest BCUT2D eigenvalue weighted by atomic mass is 16.6. The molecular formula is C22H22N4O4. The summed E-state index contributed by atoms with van der Waals surface area (Å²) in [7, 11) is 0. The van der Waals surface area contributed by atoms with Crippen LogP contribution in [0.2, 0.25) is 0 Å². The Kier molecular flexibility index (Phi) is 5.99. The summed E-state index contributed by atoms with van der Waals surface area (Å²) in [6.45, 7) is 2.91. The number of pyridine rings is 1. The molecule has 2 saturated heterocycles. The van der Waals surface area contributed by atoms with Crippen LogP contribution in [0.5, 0.6) is 11.6 Å². The summed E-state index contributed by atoms with van der Waals surface area (Å²) < 4.78 is 22.2. The van der Waals surface area contributed by atoms with Crippen molar-refractivity contribution >= 4 is 5.82 Å². The number of nitrogens with zero attached hydrogens (tertiary/aromatic N) is 3. The predicted octanol–water partition coefficient (Wildman–Crippen LogP) is 2.66. The summed E-state index contributed by atoms with van der Waals surface area (Å²) in [5.74, 6) is 1.11. The number of nitrogens with two attached hydrogens (primary N) is 1. The number of aromatic nitrogens is 1. The van der Waals surface area contributed by atoms with Gasteiger partial charge in [0, 0.05) is 18.1 Å². The van der Waals surface area contributed by atoms with Crippen molar-refractivity contribution < 1.29 is 18.9 Å². The lowest BCUT2D eigenvalue weighted by molar-refractivity contribution is -0.0796. The zero-order chi connectivity index (χ0) is 20.9. The molecule has 154 valence electrons. The quantitative estimate of drug-likeness (QED) is 0.776. The maximum Gasteiger partial charge on any atom is 0.234 e. The van der Waals surface area contributed by atoms with E-state index in [1.165, 1.54) is 0 Å². The molecule has 2 N–H and O–H groups in total. The lowest BCUT2D eigenvalue weighted by atomic mass is 9.96. The van der Waals surface area contributed by atoms with Crippen LogP contribution in [-0.4, -0.2) is 44.1 Å². The van der Waals surface area contributed by atoms with Crippen LogP contribution in [0.25, 0.3) is 11.1 Å². The van der Waals surface area contributed by atoms with Crippen LogP contribution in [0.3, 0.4) is 0 Å². The van der Waals surface area contributed by atoms with Gasteiger partial charge in [-0.05, 0) is 30.5 Å². The third-order valence-corrected chi connectivity index (χ3v) is 5.18. The molecular weight excluding hydrogens is 384 g/mol. The molecule has 30 heavy (non-hydrogen) atoms. The van der Waals surface area contributed by atoms with Gasteiger partial charge in [0.25, 0.3) is 0 Å². The summed E-state index contributed by atoms with van der Waals surface area (Å²) in [6.07, 6.45) is 2.03. The minimum atomic E-state index is 0.0355. The molecule has 1 atom stereocenters. The third-order valence-electron chi connectivity index (χ3n) is 5.18. The molecule has 0 spiro atoms. The van der Waals surface area contributed by atoms with Gasteiger partial charge in [-0.3, -0.25) is 0 Å². The normalized spacial score (nSPS) is 18.7. The Bertz CT molecular complexity index is 984. The Morgan fingerprint density at radius 1 is 1.07 bits per heavy atom. The van der Waals surface area contributed by atoms with E-state index in [0.717, 1.165) is 19.4 Å². The summed E-state index contributed by atoms with van der Waals surface area (Å²) in [5, 5.41) is 19.5. The monoisotopic (exact) mass is 406 g/mol. The molecule has 1 aromatic heterocycles. The second-order valence-corrected chi connectivity index (χ2v) is 7.35. The fourth-order valence-corrected chi connectivity index (χ4v) is 3.50. The number of nitriles is 2. The zero-order valence-corrected chi connectivity index (χ0v) is 16.5. The van der Waals surface area contributed by atoms with Gasteiger partial charge in [-0.15, -0.1) is 0 Å². The first-order valence-corrected chi connectivity index (χ1v) is 9.88. The minimum Gasteiger partial charge on any atom is -0.486 e. The highest BCUT2D eigenvalue weighted by Crippen LogP contribution is 2.36. The number of hydrogen-bond donors (Lipinski definition) is 1. The smallest absolute Gasteiger partial charge is 0.234 e. The summed E-state index contributed by atoms with van der Waals surface area (Å²) in [5.41, 5.74) is 7.47. The van der Waals surface area contributed by atoms with Gasteiger partial charge in [-0.1, -0.05) is 12.1 Å². The van der Waals surface area contributed by atoms with E-state index in [2.05, 4.69) is 17.1 Å². The molecule has 8 heteroatoms. The van der Waals surface area contributed by atoms with Gasteiger partial charge in [-0.25, -0.2) is 0 Å². The Morgan fingerprint density at radius 3 is 2.43 bits per heavy atom. The molecule has 0 bridgehead atoms. The van der Waals surface area contributed by atoms with Gasteiger partial charge in [0.1, 0.15) is 40.9 Å². The lowest BCUT2D eigenvalue weighted by Crippen LogP contribution is -2.38. The number of rotatable bonds is 6. The van der Waals surface area contributed by atoms with Crippen molar-refractivity contribution in [3.63, 3.8) is 0 Å². The molecule has 3 heterocycles. The van der Waals surface area contributed by atoms with Crippen molar-refractivity contribution in [2.24, 2.45) is 5.92 Å².